The molecule has 0 saturated carbocycles. The van der Waals surface area contributed by atoms with Gasteiger partial charge in [0.1, 0.15) is 5.75 Å². The zero-order valence-corrected chi connectivity index (χ0v) is 15.4. The summed E-state index contributed by atoms with van der Waals surface area (Å²) in [5.74, 6) is -0.0383. The highest BCUT2D eigenvalue weighted by atomic mass is 16.5. The highest BCUT2D eigenvalue weighted by molar-refractivity contribution is 6.39. The fourth-order valence-electron chi connectivity index (χ4n) is 2.92. The van der Waals surface area contributed by atoms with Gasteiger partial charge in [-0.1, -0.05) is 20.8 Å². The van der Waals surface area contributed by atoms with Crippen molar-refractivity contribution in [2.75, 3.05) is 31.6 Å². The van der Waals surface area contributed by atoms with E-state index in [1.165, 1.54) is 0 Å². The molecule has 6 heteroatoms. The van der Waals surface area contributed by atoms with Gasteiger partial charge >= 0.3 is 11.8 Å². The predicted molar refractivity (Wildman–Crippen MR) is 98.7 cm³/mol. The van der Waals surface area contributed by atoms with Crippen molar-refractivity contribution in [3.05, 3.63) is 24.3 Å². The number of benzene rings is 1. The van der Waals surface area contributed by atoms with Crippen LogP contribution in [-0.2, 0) is 9.59 Å². The van der Waals surface area contributed by atoms with Crippen molar-refractivity contribution in [2.24, 2.45) is 5.92 Å². The molecule has 0 bridgehead atoms. The molecule has 1 saturated heterocycles. The van der Waals surface area contributed by atoms with Crippen LogP contribution in [0.25, 0.3) is 0 Å². The summed E-state index contributed by atoms with van der Waals surface area (Å²) in [6, 6.07) is 7.37. The molecule has 1 aromatic rings. The van der Waals surface area contributed by atoms with E-state index < -0.39 is 11.8 Å². The number of likely N-dealkylation sites (tertiary alicyclic amines) is 1. The first kappa shape index (κ1) is 19.2. The molecule has 1 aliphatic rings. The number of carbonyl (C=O) groups excluding carboxylic acids is 2. The summed E-state index contributed by atoms with van der Waals surface area (Å²) in [6.45, 7) is 9.47. The number of hydrogen-bond acceptors (Lipinski definition) is 4. The Kier molecular flexibility index (Phi) is 7.25. The Morgan fingerprint density at radius 2 is 1.96 bits per heavy atom. The lowest BCUT2D eigenvalue weighted by atomic mass is 10.2. The van der Waals surface area contributed by atoms with E-state index in [9.17, 15) is 9.59 Å². The smallest absolute Gasteiger partial charge is 0.313 e. The molecule has 6 nitrogen and oxygen atoms in total. The van der Waals surface area contributed by atoms with Crippen LogP contribution in [-0.4, -0.2) is 49.0 Å². The Balaban J connectivity index is 1.77. The number of nitrogens with one attached hydrogen (secondary N) is 2. The summed E-state index contributed by atoms with van der Waals surface area (Å²) in [6.07, 6.45) is 2.21. The molecule has 138 valence electrons. The lowest BCUT2D eigenvalue weighted by molar-refractivity contribution is -0.136. The number of ether oxygens (including phenoxy) is 1. The fourth-order valence-corrected chi connectivity index (χ4v) is 2.92. The molecular weight excluding hydrogens is 318 g/mol. The van der Waals surface area contributed by atoms with Crippen molar-refractivity contribution >= 4 is 17.5 Å². The van der Waals surface area contributed by atoms with E-state index in [0.717, 1.165) is 31.7 Å². The lowest BCUT2D eigenvalue weighted by Gasteiger charge is -2.22. The normalized spacial score (nSPS) is 17.5. The molecule has 1 heterocycles. The largest absolute Gasteiger partial charge is 0.493 e. The van der Waals surface area contributed by atoms with Gasteiger partial charge in [-0.05, 0) is 56.1 Å². The summed E-state index contributed by atoms with van der Waals surface area (Å²) >= 11 is 0. The van der Waals surface area contributed by atoms with Crippen LogP contribution >= 0.6 is 0 Å². The molecule has 25 heavy (non-hydrogen) atoms. The van der Waals surface area contributed by atoms with Gasteiger partial charge in [0.25, 0.3) is 0 Å². The van der Waals surface area contributed by atoms with Crippen LogP contribution in [0.2, 0.25) is 0 Å². The van der Waals surface area contributed by atoms with Crippen LogP contribution in [0.1, 0.15) is 33.6 Å². The highest BCUT2D eigenvalue weighted by Gasteiger charge is 2.24. The third kappa shape index (κ3) is 6.05. The monoisotopic (exact) mass is 347 g/mol. The average Bonchev–Trinajstić information content (AvgIpc) is 3.06. The first-order valence-electron chi connectivity index (χ1n) is 9.05. The van der Waals surface area contributed by atoms with E-state index >= 15 is 0 Å². The standard InChI is InChI=1S/C19H29N3O3/c1-4-22-11-5-6-16(22)12-20-18(23)19(24)21-15-7-9-17(10-8-15)25-13-14(2)3/h7-10,14,16H,4-6,11-13H2,1-3H3,(H,20,23)(H,21,24)/t16-/m0/s1. The number of nitrogens with zero attached hydrogens (tertiary/aromatic N) is 1. The Morgan fingerprint density at radius 1 is 1.24 bits per heavy atom. The Hall–Kier alpha value is -2.08. The van der Waals surface area contributed by atoms with Gasteiger partial charge in [0.2, 0.25) is 0 Å². The molecule has 1 aromatic carbocycles. The third-order valence-corrected chi connectivity index (χ3v) is 4.31. The molecule has 0 aromatic heterocycles. The van der Waals surface area contributed by atoms with Crippen molar-refractivity contribution in [3.8, 4) is 5.75 Å². The molecule has 2 amide bonds. The van der Waals surface area contributed by atoms with Crippen LogP contribution < -0.4 is 15.4 Å². The lowest BCUT2D eigenvalue weighted by Crippen LogP contribution is -2.43. The van der Waals surface area contributed by atoms with Gasteiger partial charge in [0, 0.05) is 18.3 Å². The Bertz CT molecular complexity index is 572. The molecule has 0 aliphatic carbocycles. The highest BCUT2D eigenvalue weighted by Crippen LogP contribution is 2.17. The van der Waals surface area contributed by atoms with Crippen molar-refractivity contribution in [1.82, 2.24) is 10.2 Å². The number of hydrogen-bond donors (Lipinski definition) is 2. The Morgan fingerprint density at radius 3 is 2.60 bits per heavy atom. The van der Waals surface area contributed by atoms with Gasteiger partial charge in [-0.25, -0.2) is 0 Å². The number of rotatable bonds is 7. The number of carbonyl (C=O) groups is 2. The minimum Gasteiger partial charge on any atom is -0.493 e. The molecule has 0 spiro atoms. The van der Waals surface area contributed by atoms with Crippen LogP contribution in [0.5, 0.6) is 5.75 Å². The maximum atomic E-state index is 12.0. The molecule has 1 atom stereocenters. The fraction of sp³-hybridized carbons (Fsp3) is 0.579. The zero-order chi connectivity index (χ0) is 18.2. The number of anilines is 1. The molecule has 1 fully saturated rings. The third-order valence-electron chi connectivity index (χ3n) is 4.31. The van der Waals surface area contributed by atoms with Crippen LogP contribution in [0.15, 0.2) is 24.3 Å². The second-order valence-electron chi connectivity index (χ2n) is 6.82. The molecular formula is C19H29N3O3. The molecule has 0 unspecified atom stereocenters. The van der Waals surface area contributed by atoms with Gasteiger partial charge in [0.15, 0.2) is 0 Å². The zero-order valence-electron chi connectivity index (χ0n) is 15.4. The van der Waals surface area contributed by atoms with Gasteiger partial charge in [0.05, 0.1) is 6.61 Å². The summed E-state index contributed by atoms with van der Waals surface area (Å²) in [5.41, 5.74) is 0.577. The average molecular weight is 347 g/mol. The van der Waals surface area contributed by atoms with Crippen LogP contribution in [0, 0.1) is 5.92 Å². The molecule has 2 rings (SSSR count). The van der Waals surface area contributed by atoms with E-state index in [4.69, 9.17) is 4.74 Å². The quantitative estimate of drug-likeness (QED) is 0.742. The van der Waals surface area contributed by atoms with Gasteiger partial charge in [-0.15, -0.1) is 0 Å². The second-order valence-corrected chi connectivity index (χ2v) is 6.82. The van der Waals surface area contributed by atoms with Crippen LogP contribution in [0.4, 0.5) is 5.69 Å². The van der Waals surface area contributed by atoms with Crippen LogP contribution in [0.3, 0.4) is 0 Å². The summed E-state index contributed by atoms with van der Waals surface area (Å²) < 4.78 is 5.59. The van der Waals surface area contributed by atoms with E-state index in [-0.39, 0.29) is 0 Å². The minimum atomic E-state index is -0.642. The summed E-state index contributed by atoms with van der Waals surface area (Å²) in [4.78, 5) is 26.3. The van der Waals surface area contributed by atoms with Gasteiger partial charge in [-0.2, -0.15) is 0 Å². The van der Waals surface area contributed by atoms with Crippen molar-refractivity contribution in [1.29, 1.82) is 0 Å². The summed E-state index contributed by atoms with van der Waals surface area (Å²) in [5, 5.41) is 5.35. The van der Waals surface area contributed by atoms with Crippen molar-refractivity contribution in [2.45, 2.75) is 39.7 Å². The van der Waals surface area contributed by atoms with Gasteiger partial charge in [-0.3, -0.25) is 14.5 Å². The number of likely N-dealkylation sites (N-methyl/N-ethyl adjacent to an activating group) is 1. The predicted octanol–water partition coefficient (Wildman–Crippen LogP) is 2.26. The van der Waals surface area contributed by atoms with Gasteiger partial charge < -0.3 is 15.4 Å². The summed E-state index contributed by atoms with van der Waals surface area (Å²) in [7, 11) is 0. The topological polar surface area (TPSA) is 70.7 Å². The second kappa shape index (κ2) is 9.42. The maximum absolute atomic E-state index is 12.0. The molecule has 0 radical (unpaired) electrons. The van der Waals surface area contributed by atoms with Crippen molar-refractivity contribution in [3.63, 3.8) is 0 Å². The van der Waals surface area contributed by atoms with E-state index in [2.05, 4.69) is 36.3 Å². The van der Waals surface area contributed by atoms with E-state index in [0.29, 0.717) is 30.8 Å². The SMILES string of the molecule is CCN1CCC[C@H]1CNC(=O)C(=O)Nc1ccc(OCC(C)C)cc1. The van der Waals surface area contributed by atoms with E-state index in [1.54, 1.807) is 24.3 Å². The minimum absolute atomic E-state index is 0.333. The number of amides is 2. The Labute approximate surface area is 149 Å². The maximum Gasteiger partial charge on any atom is 0.313 e. The first-order chi connectivity index (χ1) is 12.0. The first-order valence-corrected chi connectivity index (χ1v) is 9.05. The van der Waals surface area contributed by atoms with Crippen molar-refractivity contribution < 1.29 is 14.3 Å². The van der Waals surface area contributed by atoms with E-state index in [1.807, 2.05) is 0 Å². The molecule has 1 aliphatic heterocycles. The molecule has 2 N–H and O–H groups in total.